The van der Waals surface area contributed by atoms with Crippen LogP contribution in [0.25, 0.3) is 11.3 Å². The molecule has 0 spiro atoms. The maximum Gasteiger partial charge on any atom is 0.231 e. The molecule has 2 aromatic heterocycles. The molecule has 3 rings (SSSR count). The number of aliphatic hydroxyl groups is 1. The maximum atomic E-state index is 14.0. The molecule has 1 fully saturated rings. The molecule has 3 N–H and O–H groups in total. The first-order valence-electron chi connectivity index (χ1n) is 9.76. The molecular formula is C20H24F2N6O. The van der Waals surface area contributed by atoms with Crippen LogP contribution in [-0.2, 0) is 0 Å². The van der Waals surface area contributed by atoms with Crippen LogP contribution in [0.2, 0.25) is 0 Å². The van der Waals surface area contributed by atoms with Crippen LogP contribution in [0.15, 0.2) is 18.3 Å². The fourth-order valence-electron chi connectivity index (χ4n) is 3.19. The number of alkyl halides is 1. The van der Waals surface area contributed by atoms with Crippen molar-refractivity contribution < 1.29 is 13.9 Å². The van der Waals surface area contributed by atoms with E-state index in [4.69, 9.17) is 5.26 Å². The number of hydrogen-bond donors (Lipinski definition) is 3. The second-order valence-electron chi connectivity index (χ2n) is 7.14. The lowest BCUT2D eigenvalue weighted by molar-refractivity contribution is 0.126. The zero-order valence-corrected chi connectivity index (χ0v) is 16.2. The molecular weight excluding hydrogens is 378 g/mol. The molecule has 1 atom stereocenters. The van der Waals surface area contributed by atoms with Gasteiger partial charge in [-0.2, -0.15) is 14.6 Å². The molecule has 0 radical (unpaired) electrons. The third-order valence-corrected chi connectivity index (χ3v) is 5.00. The summed E-state index contributed by atoms with van der Waals surface area (Å²) in [5.74, 6) is -0.146. The van der Waals surface area contributed by atoms with E-state index in [-0.39, 0.29) is 30.2 Å². The van der Waals surface area contributed by atoms with Gasteiger partial charge in [0.25, 0.3) is 0 Å². The second-order valence-corrected chi connectivity index (χ2v) is 7.14. The minimum absolute atomic E-state index is 0.0905. The smallest absolute Gasteiger partial charge is 0.231 e. The highest BCUT2D eigenvalue weighted by molar-refractivity contribution is 5.73. The van der Waals surface area contributed by atoms with Crippen molar-refractivity contribution >= 4 is 11.8 Å². The monoisotopic (exact) mass is 402 g/mol. The van der Waals surface area contributed by atoms with E-state index in [1.165, 1.54) is 18.3 Å². The van der Waals surface area contributed by atoms with E-state index < -0.39 is 12.1 Å². The number of halogens is 2. The number of rotatable bonds is 7. The van der Waals surface area contributed by atoms with Gasteiger partial charge in [0.05, 0.1) is 17.4 Å². The Bertz CT molecular complexity index is 880. The highest BCUT2D eigenvalue weighted by atomic mass is 19.1. The summed E-state index contributed by atoms with van der Waals surface area (Å²) in [6.45, 7) is 1.85. The maximum absolute atomic E-state index is 14.0. The zero-order chi connectivity index (χ0) is 20.8. The first kappa shape index (κ1) is 20.9. The van der Waals surface area contributed by atoms with Gasteiger partial charge in [0, 0.05) is 18.8 Å². The van der Waals surface area contributed by atoms with Crippen LogP contribution in [0.1, 0.15) is 44.6 Å². The van der Waals surface area contributed by atoms with E-state index in [1.54, 1.807) is 13.0 Å². The largest absolute Gasteiger partial charge is 0.393 e. The van der Waals surface area contributed by atoms with E-state index in [0.29, 0.717) is 36.3 Å². The molecule has 2 heterocycles. The number of nitrogens with zero attached hydrogens (tertiary/aromatic N) is 4. The van der Waals surface area contributed by atoms with Crippen LogP contribution in [-0.4, -0.2) is 44.9 Å². The predicted octanol–water partition coefficient (Wildman–Crippen LogP) is 3.42. The Hall–Kier alpha value is -2.86. The van der Waals surface area contributed by atoms with E-state index in [2.05, 4.69) is 25.6 Å². The molecule has 154 valence electrons. The number of pyridine rings is 1. The topological polar surface area (TPSA) is 107 Å². The number of nitriles is 1. The van der Waals surface area contributed by atoms with Crippen molar-refractivity contribution in [2.45, 2.75) is 57.3 Å². The van der Waals surface area contributed by atoms with Gasteiger partial charge in [0.1, 0.15) is 23.6 Å². The van der Waals surface area contributed by atoms with Gasteiger partial charge in [-0.25, -0.2) is 14.4 Å². The summed E-state index contributed by atoms with van der Waals surface area (Å²) in [4.78, 5) is 12.5. The van der Waals surface area contributed by atoms with Crippen LogP contribution >= 0.6 is 0 Å². The first-order valence-corrected chi connectivity index (χ1v) is 9.76. The zero-order valence-electron chi connectivity index (χ0n) is 16.2. The van der Waals surface area contributed by atoms with Crippen molar-refractivity contribution in [2.75, 3.05) is 17.2 Å². The van der Waals surface area contributed by atoms with Crippen molar-refractivity contribution in [3.8, 4) is 17.3 Å². The summed E-state index contributed by atoms with van der Waals surface area (Å²) in [7, 11) is 0. The molecule has 0 aliphatic heterocycles. The van der Waals surface area contributed by atoms with Gasteiger partial charge in [0.15, 0.2) is 0 Å². The van der Waals surface area contributed by atoms with Gasteiger partial charge >= 0.3 is 0 Å². The van der Waals surface area contributed by atoms with Crippen molar-refractivity contribution in [2.24, 2.45) is 0 Å². The SMILES string of the molecule is CC[C@H](F)CNc1ncc(-c2ccc(C#N)c(F)n2)c(N[C@H]2CC[C@H](O)CC2)n1. The van der Waals surface area contributed by atoms with E-state index in [1.807, 2.05) is 0 Å². The van der Waals surface area contributed by atoms with Gasteiger partial charge in [-0.15, -0.1) is 0 Å². The average Bonchev–Trinajstić information content (AvgIpc) is 2.73. The van der Waals surface area contributed by atoms with E-state index >= 15 is 0 Å². The Labute approximate surface area is 168 Å². The molecule has 29 heavy (non-hydrogen) atoms. The fourth-order valence-corrected chi connectivity index (χ4v) is 3.19. The molecule has 0 bridgehead atoms. The van der Waals surface area contributed by atoms with Crippen molar-refractivity contribution in [1.82, 2.24) is 15.0 Å². The molecule has 1 aliphatic rings. The van der Waals surface area contributed by atoms with Gasteiger partial charge in [0.2, 0.25) is 11.9 Å². The molecule has 0 unspecified atom stereocenters. The van der Waals surface area contributed by atoms with Crippen LogP contribution in [0.4, 0.5) is 20.5 Å². The second kappa shape index (κ2) is 9.56. The van der Waals surface area contributed by atoms with E-state index in [0.717, 1.165) is 12.8 Å². The summed E-state index contributed by atoms with van der Waals surface area (Å²) in [5.41, 5.74) is 0.637. The molecule has 1 aliphatic carbocycles. The minimum Gasteiger partial charge on any atom is -0.393 e. The number of aromatic nitrogens is 3. The number of hydrogen-bond acceptors (Lipinski definition) is 7. The Morgan fingerprint density at radius 2 is 2.03 bits per heavy atom. The lowest BCUT2D eigenvalue weighted by atomic mass is 9.93. The van der Waals surface area contributed by atoms with Crippen LogP contribution in [0.5, 0.6) is 0 Å². The standard InChI is InChI=1S/C20H24F2N6O/c1-2-13(21)10-24-20-25-11-16(17-8-3-12(9-23)18(22)27-17)19(28-20)26-14-4-6-15(29)7-5-14/h3,8,11,13-15,29H,2,4-7,10H2,1H3,(H2,24,25,26,28)/t13-,14-,15-/m0/s1. The number of nitrogens with one attached hydrogen (secondary N) is 2. The molecule has 2 aromatic rings. The summed E-state index contributed by atoms with van der Waals surface area (Å²) in [6.07, 6.45) is 3.50. The van der Waals surface area contributed by atoms with Gasteiger partial charge in [-0.05, 0) is 44.2 Å². The predicted molar refractivity (Wildman–Crippen MR) is 105 cm³/mol. The Balaban J connectivity index is 1.89. The minimum atomic E-state index is -1.01. The fraction of sp³-hybridized carbons (Fsp3) is 0.500. The van der Waals surface area contributed by atoms with Crippen LogP contribution < -0.4 is 10.6 Å². The normalized spacial score (nSPS) is 20.0. The molecule has 7 nitrogen and oxygen atoms in total. The third-order valence-electron chi connectivity index (χ3n) is 5.00. The van der Waals surface area contributed by atoms with Gasteiger partial charge < -0.3 is 15.7 Å². The number of anilines is 2. The van der Waals surface area contributed by atoms with Gasteiger partial charge in [-0.3, -0.25) is 0 Å². The molecule has 1 saturated carbocycles. The molecule has 0 aromatic carbocycles. The Kier molecular flexibility index (Phi) is 6.88. The molecule has 9 heteroatoms. The summed E-state index contributed by atoms with van der Waals surface area (Å²) < 4.78 is 27.6. The van der Waals surface area contributed by atoms with Crippen LogP contribution in [0.3, 0.4) is 0 Å². The third kappa shape index (κ3) is 5.35. The van der Waals surface area contributed by atoms with Crippen molar-refractivity contribution in [3.05, 3.63) is 29.8 Å². The first-order chi connectivity index (χ1) is 14.0. The summed E-state index contributed by atoms with van der Waals surface area (Å²) >= 11 is 0. The average molecular weight is 402 g/mol. The summed E-state index contributed by atoms with van der Waals surface area (Å²) in [6, 6.07) is 4.74. The lowest BCUT2D eigenvalue weighted by Crippen LogP contribution is -2.29. The summed E-state index contributed by atoms with van der Waals surface area (Å²) in [5, 5.41) is 24.8. The lowest BCUT2D eigenvalue weighted by Gasteiger charge is -2.27. The highest BCUT2D eigenvalue weighted by Gasteiger charge is 2.22. The van der Waals surface area contributed by atoms with Crippen molar-refractivity contribution in [1.29, 1.82) is 5.26 Å². The van der Waals surface area contributed by atoms with Gasteiger partial charge in [-0.1, -0.05) is 6.92 Å². The van der Waals surface area contributed by atoms with E-state index in [9.17, 15) is 13.9 Å². The highest BCUT2D eigenvalue weighted by Crippen LogP contribution is 2.29. The molecule has 0 amide bonds. The van der Waals surface area contributed by atoms with Crippen molar-refractivity contribution in [3.63, 3.8) is 0 Å². The Morgan fingerprint density at radius 3 is 2.69 bits per heavy atom. The molecule has 0 saturated heterocycles. The number of aliphatic hydroxyl groups excluding tert-OH is 1. The quantitative estimate of drug-likeness (QED) is 0.609. The Morgan fingerprint density at radius 1 is 1.28 bits per heavy atom. The van der Waals surface area contributed by atoms with Crippen LogP contribution in [0, 0.1) is 17.3 Å².